The van der Waals surface area contributed by atoms with Gasteiger partial charge in [0.2, 0.25) is 0 Å². The lowest BCUT2D eigenvalue weighted by molar-refractivity contribution is 0.304. The molecule has 158 valence electrons. The highest BCUT2D eigenvalue weighted by Crippen LogP contribution is 2.39. The predicted octanol–water partition coefficient (Wildman–Crippen LogP) is 6.43. The molecule has 6 heteroatoms. The second kappa shape index (κ2) is 8.74. The maximum absolute atomic E-state index is 10.7. The molecular formula is C25H23ClN2O3. The summed E-state index contributed by atoms with van der Waals surface area (Å²) in [4.78, 5) is 0. The Morgan fingerprint density at radius 2 is 1.74 bits per heavy atom. The highest BCUT2D eigenvalue weighted by molar-refractivity contribution is 6.30. The molecule has 3 aromatic carbocycles. The molecule has 5 nitrogen and oxygen atoms in total. The van der Waals surface area contributed by atoms with Crippen LogP contribution in [-0.4, -0.2) is 14.9 Å². The van der Waals surface area contributed by atoms with E-state index in [1.165, 1.54) is 0 Å². The van der Waals surface area contributed by atoms with Crippen LogP contribution in [-0.2, 0) is 13.7 Å². The monoisotopic (exact) mass is 434 g/mol. The third-order valence-electron chi connectivity index (χ3n) is 4.90. The van der Waals surface area contributed by atoms with Gasteiger partial charge < -0.3 is 14.6 Å². The second-order valence-electron chi connectivity index (χ2n) is 7.48. The number of benzene rings is 3. The molecule has 0 aliphatic rings. The second-order valence-corrected chi connectivity index (χ2v) is 7.92. The predicted molar refractivity (Wildman–Crippen MR) is 122 cm³/mol. The van der Waals surface area contributed by atoms with Crippen molar-refractivity contribution >= 4 is 11.6 Å². The fourth-order valence-electron chi connectivity index (χ4n) is 3.21. The third-order valence-corrected chi connectivity index (χ3v) is 5.15. The van der Waals surface area contributed by atoms with E-state index in [9.17, 15) is 5.11 Å². The molecule has 1 heterocycles. The summed E-state index contributed by atoms with van der Waals surface area (Å²) in [5.74, 6) is 1.96. The Labute approximate surface area is 186 Å². The number of ether oxygens (including phenoxy) is 2. The molecular weight excluding hydrogens is 412 g/mol. The zero-order valence-corrected chi connectivity index (χ0v) is 18.3. The summed E-state index contributed by atoms with van der Waals surface area (Å²) >= 11 is 5.92. The molecule has 0 saturated heterocycles. The van der Waals surface area contributed by atoms with Crippen molar-refractivity contribution in [1.29, 1.82) is 0 Å². The van der Waals surface area contributed by atoms with Crippen LogP contribution < -0.4 is 9.47 Å². The van der Waals surface area contributed by atoms with E-state index >= 15 is 0 Å². The zero-order valence-electron chi connectivity index (χ0n) is 17.6. The molecule has 0 amide bonds. The van der Waals surface area contributed by atoms with Crippen molar-refractivity contribution in [3.63, 3.8) is 0 Å². The van der Waals surface area contributed by atoms with Crippen molar-refractivity contribution < 1.29 is 14.6 Å². The van der Waals surface area contributed by atoms with Crippen molar-refractivity contribution in [1.82, 2.24) is 9.78 Å². The summed E-state index contributed by atoms with van der Waals surface area (Å²) in [5.41, 5.74) is 4.25. The number of rotatable bonds is 6. The maximum atomic E-state index is 10.7. The fraction of sp³-hybridized carbons (Fsp3) is 0.160. The van der Waals surface area contributed by atoms with Gasteiger partial charge in [-0.3, -0.25) is 4.68 Å². The molecule has 1 N–H and O–H groups in total. The standard InChI is InChI=1S/C25H23ClN2O3/c1-16-4-5-17(2)23(12-16)31-24-14-28(3)27-25(24)21-11-10-20(13-22(21)29)30-15-18-6-8-19(26)9-7-18/h4-14,29H,15H2,1-3H3. The van der Waals surface area contributed by atoms with Gasteiger partial charge in [-0.2, -0.15) is 5.10 Å². The van der Waals surface area contributed by atoms with Crippen LogP contribution in [0, 0.1) is 13.8 Å². The smallest absolute Gasteiger partial charge is 0.173 e. The van der Waals surface area contributed by atoms with Crippen LogP contribution in [0.3, 0.4) is 0 Å². The van der Waals surface area contributed by atoms with Crippen molar-refractivity contribution in [2.75, 3.05) is 0 Å². The van der Waals surface area contributed by atoms with E-state index in [1.54, 1.807) is 29.1 Å². The van der Waals surface area contributed by atoms with Gasteiger partial charge in [0.05, 0.1) is 6.20 Å². The summed E-state index contributed by atoms with van der Waals surface area (Å²) in [7, 11) is 1.82. The molecule has 1 aromatic heterocycles. The van der Waals surface area contributed by atoms with Crippen LogP contribution in [0.2, 0.25) is 5.02 Å². The zero-order chi connectivity index (χ0) is 22.0. The van der Waals surface area contributed by atoms with Gasteiger partial charge in [0, 0.05) is 23.7 Å². The topological polar surface area (TPSA) is 56.5 Å². The van der Waals surface area contributed by atoms with Gasteiger partial charge in [-0.05, 0) is 60.9 Å². The van der Waals surface area contributed by atoms with Crippen molar-refractivity contribution in [2.45, 2.75) is 20.5 Å². The third kappa shape index (κ3) is 4.84. The van der Waals surface area contributed by atoms with E-state index in [4.69, 9.17) is 21.1 Å². The van der Waals surface area contributed by atoms with Crippen LogP contribution in [0.4, 0.5) is 0 Å². The molecule has 0 unspecified atom stereocenters. The summed E-state index contributed by atoms with van der Waals surface area (Å²) in [6.45, 7) is 4.39. The van der Waals surface area contributed by atoms with Gasteiger partial charge in [0.25, 0.3) is 0 Å². The van der Waals surface area contributed by atoms with E-state index in [0.717, 1.165) is 22.4 Å². The first-order chi connectivity index (χ1) is 14.9. The molecule has 0 aliphatic carbocycles. The molecule has 4 aromatic rings. The van der Waals surface area contributed by atoms with E-state index in [0.29, 0.717) is 34.4 Å². The first kappa shape index (κ1) is 20.8. The van der Waals surface area contributed by atoms with E-state index in [-0.39, 0.29) is 5.75 Å². The van der Waals surface area contributed by atoms with Gasteiger partial charge in [0.15, 0.2) is 5.75 Å². The van der Waals surface area contributed by atoms with Gasteiger partial charge in [-0.25, -0.2) is 0 Å². The lowest BCUT2D eigenvalue weighted by atomic mass is 10.1. The highest BCUT2D eigenvalue weighted by Gasteiger charge is 2.17. The molecule has 0 atom stereocenters. The number of phenolic OH excluding ortho intramolecular Hbond substituents is 1. The van der Waals surface area contributed by atoms with Crippen LogP contribution in [0.15, 0.2) is 66.9 Å². The van der Waals surface area contributed by atoms with Crippen molar-refractivity contribution in [3.05, 3.63) is 88.6 Å². The number of hydrogen-bond acceptors (Lipinski definition) is 4. The Balaban J connectivity index is 1.57. The Morgan fingerprint density at radius 1 is 0.968 bits per heavy atom. The van der Waals surface area contributed by atoms with Crippen LogP contribution in [0.25, 0.3) is 11.3 Å². The first-order valence-electron chi connectivity index (χ1n) is 9.88. The molecule has 31 heavy (non-hydrogen) atoms. The molecule has 0 aliphatic heterocycles. The maximum Gasteiger partial charge on any atom is 0.173 e. The summed E-state index contributed by atoms with van der Waals surface area (Å²) < 4.78 is 13.6. The average Bonchev–Trinajstić information content (AvgIpc) is 3.10. The van der Waals surface area contributed by atoms with Crippen LogP contribution in [0.5, 0.6) is 23.0 Å². The van der Waals surface area contributed by atoms with Crippen LogP contribution in [0.1, 0.15) is 16.7 Å². The molecule has 0 spiro atoms. The Kier molecular flexibility index (Phi) is 5.87. The average molecular weight is 435 g/mol. The van der Waals surface area contributed by atoms with Gasteiger partial charge in [-0.15, -0.1) is 0 Å². The summed E-state index contributed by atoms with van der Waals surface area (Å²) in [5, 5.41) is 15.9. The molecule has 0 bridgehead atoms. The largest absolute Gasteiger partial charge is 0.507 e. The van der Waals surface area contributed by atoms with Gasteiger partial charge in [-0.1, -0.05) is 35.9 Å². The Hall–Kier alpha value is -3.44. The lowest BCUT2D eigenvalue weighted by Crippen LogP contribution is -1.95. The SMILES string of the molecule is Cc1ccc(C)c(Oc2cn(C)nc2-c2ccc(OCc3ccc(Cl)cc3)cc2O)c1. The van der Waals surface area contributed by atoms with Crippen LogP contribution >= 0.6 is 11.6 Å². The van der Waals surface area contributed by atoms with Crippen molar-refractivity contribution in [3.8, 4) is 34.3 Å². The Bertz CT molecular complexity index is 1220. The normalized spacial score (nSPS) is 10.8. The lowest BCUT2D eigenvalue weighted by Gasteiger charge is -2.11. The van der Waals surface area contributed by atoms with E-state index in [2.05, 4.69) is 5.10 Å². The minimum absolute atomic E-state index is 0.0677. The minimum Gasteiger partial charge on any atom is -0.507 e. The molecule has 0 fully saturated rings. The number of halogens is 1. The van der Waals surface area contributed by atoms with E-state index < -0.39 is 0 Å². The number of aromatic hydroxyl groups is 1. The van der Waals surface area contributed by atoms with Gasteiger partial charge in [0.1, 0.15) is 29.5 Å². The first-order valence-corrected chi connectivity index (χ1v) is 10.3. The summed E-state index contributed by atoms with van der Waals surface area (Å²) in [6.07, 6.45) is 1.79. The van der Waals surface area contributed by atoms with Crippen molar-refractivity contribution in [2.24, 2.45) is 7.05 Å². The molecule has 0 saturated carbocycles. The summed E-state index contributed by atoms with van der Waals surface area (Å²) in [6, 6.07) is 18.7. The molecule has 0 radical (unpaired) electrons. The quantitative estimate of drug-likeness (QED) is 0.379. The van der Waals surface area contributed by atoms with Gasteiger partial charge >= 0.3 is 0 Å². The molecule has 4 rings (SSSR count). The Morgan fingerprint density at radius 3 is 2.48 bits per heavy atom. The number of nitrogens with zero attached hydrogens (tertiary/aromatic N) is 2. The number of hydrogen-bond donors (Lipinski definition) is 1. The highest BCUT2D eigenvalue weighted by atomic mass is 35.5. The number of phenols is 1. The fourth-order valence-corrected chi connectivity index (χ4v) is 3.34. The number of aromatic nitrogens is 2. The van der Waals surface area contributed by atoms with E-state index in [1.807, 2.05) is 63.4 Å². The number of aryl methyl sites for hydroxylation is 3. The minimum atomic E-state index is 0.0677.